The highest BCUT2D eigenvalue weighted by atomic mass is 32.2. The van der Waals surface area contributed by atoms with Gasteiger partial charge in [-0.05, 0) is 43.7 Å². The highest BCUT2D eigenvalue weighted by molar-refractivity contribution is 7.97. The van der Waals surface area contributed by atoms with E-state index in [0.717, 1.165) is 45.2 Å². The molecular weight excluding hydrogens is 394 g/mol. The fourth-order valence-corrected chi connectivity index (χ4v) is 3.94. The Balaban J connectivity index is 1.44. The minimum atomic E-state index is -0.445. The fourth-order valence-electron chi connectivity index (χ4n) is 3.00. The van der Waals surface area contributed by atoms with Crippen LogP contribution >= 0.6 is 11.9 Å². The molecule has 9 nitrogen and oxygen atoms in total. The zero-order valence-electron chi connectivity index (χ0n) is 16.3. The van der Waals surface area contributed by atoms with Gasteiger partial charge in [0.05, 0.1) is 0 Å². The number of hydroxylamine groups is 1. The van der Waals surface area contributed by atoms with Gasteiger partial charge in [-0.1, -0.05) is 25.3 Å². The van der Waals surface area contributed by atoms with Gasteiger partial charge in [0.1, 0.15) is 11.9 Å². The van der Waals surface area contributed by atoms with Crippen molar-refractivity contribution in [2.75, 3.05) is 19.7 Å². The molecule has 10 heteroatoms. The van der Waals surface area contributed by atoms with E-state index in [1.807, 2.05) is 0 Å². The van der Waals surface area contributed by atoms with Crippen LogP contribution in [0.3, 0.4) is 0 Å². The average molecular weight is 422 g/mol. The van der Waals surface area contributed by atoms with Crippen LogP contribution in [0.1, 0.15) is 42.6 Å². The van der Waals surface area contributed by atoms with Gasteiger partial charge in [-0.25, -0.2) is 14.6 Å². The third-order valence-electron chi connectivity index (χ3n) is 4.50. The van der Waals surface area contributed by atoms with Crippen molar-refractivity contribution in [2.45, 2.75) is 49.5 Å². The standard InChI is InChI=1S/C19H27N5O4S/c1-3-4-7-14(2)27-15-9-11-24(12-10-15)29-19-17(20-23-21-19)18(25)22-28-16-8-5-6-13-26-16/h3-4,7,15-16H,1-2,5-6,8-13H2,(H,22,25)(H,20,21,23)/b7-4-. The van der Waals surface area contributed by atoms with E-state index < -0.39 is 12.2 Å². The molecule has 0 aromatic carbocycles. The summed E-state index contributed by atoms with van der Waals surface area (Å²) in [7, 11) is 0. The molecule has 0 saturated carbocycles. The first-order valence-electron chi connectivity index (χ1n) is 9.71. The summed E-state index contributed by atoms with van der Waals surface area (Å²) in [5.74, 6) is 0.187. The predicted octanol–water partition coefficient (Wildman–Crippen LogP) is 2.74. The quantitative estimate of drug-likeness (QED) is 0.272. The van der Waals surface area contributed by atoms with E-state index in [2.05, 4.69) is 38.4 Å². The molecule has 1 atom stereocenters. The van der Waals surface area contributed by atoms with Gasteiger partial charge in [0.2, 0.25) is 0 Å². The molecule has 2 saturated heterocycles. The highest BCUT2D eigenvalue weighted by Gasteiger charge is 2.26. The van der Waals surface area contributed by atoms with Gasteiger partial charge >= 0.3 is 0 Å². The van der Waals surface area contributed by atoms with Crippen LogP contribution in [-0.2, 0) is 14.3 Å². The Hall–Kier alpha value is -2.14. The van der Waals surface area contributed by atoms with Crippen LogP contribution in [0.5, 0.6) is 0 Å². The summed E-state index contributed by atoms with van der Waals surface area (Å²) in [6, 6.07) is 0. The fraction of sp³-hybridized carbons (Fsp3) is 0.526. The van der Waals surface area contributed by atoms with E-state index in [-0.39, 0.29) is 11.8 Å². The molecule has 1 aromatic rings. The molecule has 158 valence electrons. The van der Waals surface area contributed by atoms with E-state index in [9.17, 15) is 4.79 Å². The van der Waals surface area contributed by atoms with Crippen LogP contribution in [0.4, 0.5) is 0 Å². The second-order valence-electron chi connectivity index (χ2n) is 6.72. The van der Waals surface area contributed by atoms with Crippen molar-refractivity contribution >= 4 is 17.9 Å². The Kier molecular flexibility index (Phi) is 8.29. The normalized spacial score (nSPS) is 21.2. The van der Waals surface area contributed by atoms with Crippen molar-refractivity contribution in [3.8, 4) is 0 Å². The van der Waals surface area contributed by atoms with E-state index >= 15 is 0 Å². The Morgan fingerprint density at radius 3 is 2.86 bits per heavy atom. The molecule has 3 heterocycles. The summed E-state index contributed by atoms with van der Waals surface area (Å²) in [6.07, 6.45) is 9.50. The number of aromatic nitrogens is 3. The van der Waals surface area contributed by atoms with E-state index in [1.165, 1.54) is 11.9 Å². The van der Waals surface area contributed by atoms with Gasteiger partial charge in [0, 0.05) is 26.1 Å². The lowest BCUT2D eigenvalue weighted by Crippen LogP contribution is -2.34. The number of piperidine rings is 1. The van der Waals surface area contributed by atoms with Crippen LogP contribution in [0.15, 0.2) is 42.2 Å². The maximum atomic E-state index is 12.4. The van der Waals surface area contributed by atoms with Crippen LogP contribution < -0.4 is 5.48 Å². The third kappa shape index (κ3) is 6.70. The van der Waals surface area contributed by atoms with Gasteiger partial charge in [-0.3, -0.25) is 4.79 Å². The van der Waals surface area contributed by atoms with Crippen LogP contribution in [0.2, 0.25) is 0 Å². The predicted molar refractivity (Wildman–Crippen MR) is 109 cm³/mol. The molecule has 2 N–H and O–H groups in total. The number of hydrogen-bond donors (Lipinski definition) is 2. The minimum Gasteiger partial charge on any atom is -0.491 e. The van der Waals surface area contributed by atoms with Crippen molar-refractivity contribution in [1.82, 2.24) is 25.2 Å². The number of hydrogen-bond acceptors (Lipinski definition) is 8. The average Bonchev–Trinajstić information content (AvgIpc) is 3.21. The maximum absolute atomic E-state index is 12.4. The number of aromatic amines is 1. The zero-order chi connectivity index (χ0) is 20.5. The number of H-pyrrole nitrogens is 1. The SMILES string of the molecule is C=C/C=C\C(=C)OC1CCN(Sc2n[nH]nc2C(=O)NOC2CCCCO2)CC1. The second kappa shape index (κ2) is 11.1. The second-order valence-corrected chi connectivity index (χ2v) is 7.81. The molecule has 29 heavy (non-hydrogen) atoms. The molecule has 1 amide bonds. The molecule has 0 radical (unpaired) electrons. The number of carbonyl (C=O) groups excluding carboxylic acids is 1. The van der Waals surface area contributed by atoms with Crippen molar-refractivity contribution in [3.05, 3.63) is 42.8 Å². The number of carbonyl (C=O) groups is 1. The lowest BCUT2D eigenvalue weighted by atomic mass is 10.1. The van der Waals surface area contributed by atoms with Gasteiger partial charge in [-0.15, -0.1) is 10.2 Å². The topological polar surface area (TPSA) is 102 Å². The molecule has 3 rings (SSSR count). The van der Waals surface area contributed by atoms with Gasteiger partial charge in [-0.2, -0.15) is 5.21 Å². The Morgan fingerprint density at radius 1 is 1.31 bits per heavy atom. The largest absolute Gasteiger partial charge is 0.491 e. The highest BCUT2D eigenvalue weighted by Crippen LogP contribution is 2.28. The lowest BCUT2D eigenvalue weighted by molar-refractivity contribution is -0.186. The number of ether oxygens (including phenoxy) is 2. The summed E-state index contributed by atoms with van der Waals surface area (Å²) in [5, 5.41) is 11.1. The van der Waals surface area contributed by atoms with E-state index in [1.54, 1.807) is 18.2 Å². The lowest BCUT2D eigenvalue weighted by Gasteiger charge is -2.30. The number of nitrogens with zero attached hydrogens (tertiary/aromatic N) is 3. The van der Waals surface area contributed by atoms with Crippen molar-refractivity contribution in [3.63, 3.8) is 0 Å². The van der Waals surface area contributed by atoms with Crippen molar-refractivity contribution < 1.29 is 19.1 Å². The Morgan fingerprint density at radius 2 is 2.14 bits per heavy atom. The first-order chi connectivity index (χ1) is 14.2. The van der Waals surface area contributed by atoms with E-state index in [4.69, 9.17) is 14.3 Å². The molecule has 2 aliphatic heterocycles. The molecule has 0 spiro atoms. The van der Waals surface area contributed by atoms with Crippen molar-refractivity contribution in [2.24, 2.45) is 0 Å². The number of nitrogens with one attached hydrogen (secondary N) is 2. The molecular formula is C19H27N5O4S. The van der Waals surface area contributed by atoms with Gasteiger partial charge < -0.3 is 9.47 Å². The third-order valence-corrected chi connectivity index (χ3v) is 5.59. The number of amides is 1. The van der Waals surface area contributed by atoms with E-state index in [0.29, 0.717) is 17.4 Å². The molecule has 0 bridgehead atoms. The maximum Gasteiger partial charge on any atom is 0.298 e. The molecule has 2 aliphatic rings. The Bertz CT molecular complexity index is 724. The summed E-state index contributed by atoms with van der Waals surface area (Å²) in [5.41, 5.74) is 2.62. The molecule has 2 fully saturated rings. The van der Waals surface area contributed by atoms with Crippen LogP contribution in [-0.4, -0.2) is 57.7 Å². The Labute approximate surface area is 174 Å². The van der Waals surface area contributed by atoms with Gasteiger partial charge in [0.15, 0.2) is 17.0 Å². The first kappa shape index (κ1) is 21.6. The van der Waals surface area contributed by atoms with Gasteiger partial charge in [0.25, 0.3) is 5.91 Å². The van der Waals surface area contributed by atoms with Crippen LogP contribution in [0, 0.1) is 0 Å². The smallest absolute Gasteiger partial charge is 0.298 e. The molecule has 1 aromatic heterocycles. The van der Waals surface area contributed by atoms with Crippen molar-refractivity contribution in [1.29, 1.82) is 0 Å². The summed E-state index contributed by atoms with van der Waals surface area (Å²) >= 11 is 1.40. The molecule has 0 aliphatic carbocycles. The summed E-state index contributed by atoms with van der Waals surface area (Å²) < 4.78 is 13.4. The number of allylic oxidation sites excluding steroid dienone is 3. The monoisotopic (exact) mass is 421 g/mol. The number of rotatable bonds is 9. The van der Waals surface area contributed by atoms with Crippen LogP contribution in [0.25, 0.3) is 0 Å². The molecule has 1 unspecified atom stereocenters. The zero-order valence-corrected chi connectivity index (χ0v) is 17.2. The summed E-state index contributed by atoms with van der Waals surface area (Å²) in [6.45, 7) is 9.76. The summed E-state index contributed by atoms with van der Waals surface area (Å²) in [4.78, 5) is 17.7. The minimum absolute atomic E-state index is 0.123. The first-order valence-corrected chi connectivity index (χ1v) is 10.5.